The molecule has 2 N–H and O–H groups in total. The Labute approximate surface area is 162 Å². The highest BCUT2D eigenvalue weighted by Crippen LogP contribution is 2.14. The van der Waals surface area contributed by atoms with Gasteiger partial charge in [-0.1, -0.05) is 6.07 Å². The first-order valence-corrected chi connectivity index (χ1v) is 9.46. The van der Waals surface area contributed by atoms with E-state index in [1.165, 1.54) is 24.3 Å². The lowest BCUT2D eigenvalue weighted by Crippen LogP contribution is -2.54. The fourth-order valence-electron chi connectivity index (χ4n) is 2.60. The number of nitro groups is 1. The largest absolute Gasteiger partial charge is 0.340 e. The van der Waals surface area contributed by atoms with Gasteiger partial charge in [0.05, 0.1) is 4.92 Å². The van der Waals surface area contributed by atoms with Gasteiger partial charge in [0, 0.05) is 43.9 Å². The number of rotatable bonds is 7. The Kier molecular flexibility index (Phi) is 9.39. The molecule has 10 heteroatoms. The molecule has 1 atom stereocenters. The summed E-state index contributed by atoms with van der Waals surface area (Å²) in [5, 5.41) is 16.8. The van der Waals surface area contributed by atoms with Crippen LogP contribution in [0, 0.1) is 10.1 Å². The summed E-state index contributed by atoms with van der Waals surface area (Å²) in [7, 11) is 0. The highest BCUT2D eigenvalue weighted by atomic mass is 35.5. The maximum Gasteiger partial charge on any atom is 0.270 e. The lowest BCUT2D eigenvalue weighted by Gasteiger charge is -2.31. The highest BCUT2D eigenvalue weighted by molar-refractivity contribution is 7.98. The Morgan fingerprint density at radius 1 is 1.38 bits per heavy atom. The normalized spacial score (nSPS) is 14.9. The zero-order valence-corrected chi connectivity index (χ0v) is 16.1. The molecule has 2 amide bonds. The van der Waals surface area contributed by atoms with Crippen molar-refractivity contribution in [1.82, 2.24) is 15.5 Å². The van der Waals surface area contributed by atoms with Gasteiger partial charge in [-0.3, -0.25) is 19.7 Å². The van der Waals surface area contributed by atoms with Gasteiger partial charge < -0.3 is 15.5 Å². The third-order valence-corrected chi connectivity index (χ3v) is 4.61. The van der Waals surface area contributed by atoms with E-state index in [1.54, 1.807) is 16.7 Å². The number of non-ortho nitro benzene ring substituents is 1. The zero-order chi connectivity index (χ0) is 18.2. The predicted molar refractivity (Wildman–Crippen MR) is 104 cm³/mol. The number of benzene rings is 1. The van der Waals surface area contributed by atoms with Crippen molar-refractivity contribution in [1.29, 1.82) is 0 Å². The van der Waals surface area contributed by atoms with Gasteiger partial charge in [0.25, 0.3) is 11.6 Å². The minimum atomic E-state index is -0.627. The van der Waals surface area contributed by atoms with Crippen LogP contribution in [0.3, 0.4) is 0 Å². The molecule has 0 radical (unpaired) electrons. The molecule has 0 aliphatic carbocycles. The smallest absolute Gasteiger partial charge is 0.270 e. The molecular formula is C16H23ClN4O4S. The van der Waals surface area contributed by atoms with Gasteiger partial charge in [0.1, 0.15) is 6.04 Å². The number of carbonyl (C=O) groups is 2. The first kappa shape index (κ1) is 22.2. The second-order valence-electron chi connectivity index (χ2n) is 5.69. The van der Waals surface area contributed by atoms with Crippen LogP contribution in [0.15, 0.2) is 24.3 Å². The van der Waals surface area contributed by atoms with Crippen LogP contribution in [-0.4, -0.2) is 65.9 Å². The second-order valence-corrected chi connectivity index (χ2v) is 6.68. The van der Waals surface area contributed by atoms with Crippen LogP contribution in [0.1, 0.15) is 16.8 Å². The Hall–Kier alpha value is -1.84. The van der Waals surface area contributed by atoms with Crippen molar-refractivity contribution in [3.05, 3.63) is 39.9 Å². The molecule has 0 spiro atoms. The van der Waals surface area contributed by atoms with Gasteiger partial charge in [-0.2, -0.15) is 11.8 Å². The van der Waals surface area contributed by atoms with Crippen molar-refractivity contribution in [3.8, 4) is 0 Å². The molecule has 144 valence electrons. The van der Waals surface area contributed by atoms with E-state index in [0.717, 1.165) is 18.8 Å². The first-order chi connectivity index (χ1) is 12.0. The summed E-state index contributed by atoms with van der Waals surface area (Å²) in [6, 6.07) is 4.88. The summed E-state index contributed by atoms with van der Waals surface area (Å²) in [5.74, 6) is 0.158. The summed E-state index contributed by atoms with van der Waals surface area (Å²) < 4.78 is 0. The van der Waals surface area contributed by atoms with Gasteiger partial charge in [0.2, 0.25) is 5.91 Å². The van der Waals surface area contributed by atoms with E-state index in [1.807, 2.05) is 6.26 Å². The van der Waals surface area contributed by atoms with Crippen molar-refractivity contribution in [2.24, 2.45) is 0 Å². The van der Waals surface area contributed by atoms with E-state index in [0.29, 0.717) is 19.5 Å². The van der Waals surface area contributed by atoms with Crippen LogP contribution < -0.4 is 10.6 Å². The average Bonchev–Trinajstić information content (AvgIpc) is 2.65. The lowest BCUT2D eigenvalue weighted by atomic mass is 10.1. The molecule has 1 aromatic carbocycles. The number of nitrogens with zero attached hydrogens (tertiary/aromatic N) is 2. The monoisotopic (exact) mass is 402 g/mol. The summed E-state index contributed by atoms with van der Waals surface area (Å²) in [5.41, 5.74) is 0.0261. The van der Waals surface area contributed by atoms with Crippen LogP contribution in [0.5, 0.6) is 0 Å². The molecular weight excluding hydrogens is 380 g/mol. The highest BCUT2D eigenvalue weighted by Gasteiger charge is 2.27. The van der Waals surface area contributed by atoms with Gasteiger partial charge >= 0.3 is 0 Å². The van der Waals surface area contributed by atoms with Crippen LogP contribution in [0.4, 0.5) is 5.69 Å². The second kappa shape index (κ2) is 11.0. The van der Waals surface area contributed by atoms with E-state index in [2.05, 4.69) is 10.6 Å². The fourth-order valence-corrected chi connectivity index (χ4v) is 3.07. The van der Waals surface area contributed by atoms with E-state index in [-0.39, 0.29) is 29.6 Å². The van der Waals surface area contributed by atoms with E-state index < -0.39 is 16.9 Å². The van der Waals surface area contributed by atoms with E-state index in [4.69, 9.17) is 0 Å². The lowest BCUT2D eigenvalue weighted by molar-refractivity contribution is -0.384. The average molecular weight is 403 g/mol. The van der Waals surface area contributed by atoms with Crippen LogP contribution in [-0.2, 0) is 4.79 Å². The number of piperazine rings is 1. The van der Waals surface area contributed by atoms with Gasteiger partial charge in [-0.05, 0) is 24.5 Å². The maximum atomic E-state index is 12.7. The Morgan fingerprint density at radius 2 is 2.08 bits per heavy atom. The predicted octanol–water partition coefficient (Wildman–Crippen LogP) is 1.30. The number of nitrogens with one attached hydrogen (secondary N) is 2. The summed E-state index contributed by atoms with van der Waals surface area (Å²) in [4.78, 5) is 37.2. The summed E-state index contributed by atoms with van der Waals surface area (Å²) in [6.07, 6.45) is 2.46. The molecule has 0 aromatic heterocycles. The molecule has 1 aliphatic heterocycles. The number of carbonyl (C=O) groups excluding carboxylic acids is 2. The third-order valence-electron chi connectivity index (χ3n) is 3.96. The number of hydrogen-bond acceptors (Lipinski definition) is 6. The molecule has 0 saturated carbocycles. The van der Waals surface area contributed by atoms with Crippen LogP contribution in [0.25, 0.3) is 0 Å². The molecule has 1 fully saturated rings. The quantitative estimate of drug-likeness (QED) is 0.526. The molecule has 1 aliphatic rings. The van der Waals surface area contributed by atoms with Crippen LogP contribution >= 0.6 is 24.2 Å². The standard InChI is InChI=1S/C16H22N4O4S.ClH/c1-25-10-5-14(16(22)19-8-6-17-7-9-19)18-15(21)12-3-2-4-13(11-12)20(23)24;/h2-4,11,14,17H,5-10H2,1H3,(H,18,21);1H. The van der Waals surface area contributed by atoms with E-state index >= 15 is 0 Å². The number of amides is 2. The third kappa shape index (κ3) is 6.15. The van der Waals surface area contributed by atoms with Crippen molar-refractivity contribution in [2.75, 3.05) is 38.2 Å². The van der Waals surface area contributed by atoms with Crippen LogP contribution in [0.2, 0.25) is 0 Å². The minimum Gasteiger partial charge on any atom is -0.340 e. The fraction of sp³-hybridized carbons (Fsp3) is 0.500. The van der Waals surface area contributed by atoms with Crippen molar-refractivity contribution >= 4 is 41.7 Å². The van der Waals surface area contributed by atoms with Gasteiger partial charge in [-0.15, -0.1) is 12.4 Å². The first-order valence-electron chi connectivity index (χ1n) is 8.06. The Balaban J connectivity index is 0.00000338. The van der Waals surface area contributed by atoms with Crippen molar-refractivity contribution in [3.63, 3.8) is 0 Å². The van der Waals surface area contributed by atoms with Gasteiger partial charge in [0.15, 0.2) is 0 Å². The Bertz CT molecular complexity index is 640. The maximum absolute atomic E-state index is 12.7. The molecule has 26 heavy (non-hydrogen) atoms. The van der Waals surface area contributed by atoms with E-state index in [9.17, 15) is 19.7 Å². The SMILES string of the molecule is CSCCC(NC(=O)c1cccc([N+](=O)[O-])c1)C(=O)N1CCNCC1.Cl. The van der Waals surface area contributed by atoms with Crippen molar-refractivity contribution < 1.29 is 14.5 Å². The molecule has 2 rings (SSSR count). The molecule has 1 saturated heterocycles. The number of nitro benzene ring substituents is 1. The minimum absolute atomic E-state index is 0. The molecule has 1 heterocycles. The topological polar surface area (TPSA) is 105 Å². The number of hydrogen-bond donors (Lipinski definition) is 2. The summed E-state index contributed by atoms with van der Waals surface area (Å²) in [6.45, 7) is 2.70. The molecule has 1 unspecified atom stereocenters. The summed E-state index contributed by atoms with van der Waals surface area (Å²) >= 11 is 1.60. The molecule has 1 aromatic rings. The van der Waals surface area contributed by atoms with Crippen molar-refractivity contribution in [2.45, 2.75) is 12.5 Å². The number of halogens is 1. The van der Waals surface area contributed by atoms with Gasteiger partial charge in [-0.25, -0.2) is 0 Å². The Morgan fingerprint density at radius 3 is 2.69 bits per heavy atom. The number of thioether (sulfide) groups is 1. The zero-order valence-electron chi connectivity index (χ0n) is 14.5. The molecule has 0 bridgehead atoms. The molecule has 8 nitrogen and oxygen atoms in total.